The van der Waals surface area contributed by atoms with Crippen LogP contribution in [0.25, 0.3) is 11.0 Å². The highest BCUT2D eigenvalue weighted by Crippen LogP contribution is 2.14. The lowest BCUT2D eigenvalue weighted by Crippen LogP contribution is -2.23. The first-order valence-corrected chi connectivity index (χ1v) is 7.06. The number of aliphatic hydroxyl groups is 1. The van der Waals surface area contributed by atoms with Gasteiger partial charge in [0.05, 0.1) is 24.0 Å². The van der Waals surface area contributed by atoms with Gasteiger partial charge in [-0.05, 0) is 29.3 Å². The number of hydrogen-bond donors (Lipinski definition) is 2. The number of aryl methyl sites for hydroxylation is 1. The molecule has 0 aliphatic carbocycles. The van der Waals surface area contributed by atoms with Gasteiger partial charge in [-0.25, -0.2) is 4.98 Å². The first-order chi connectivity index (χ1) is 10.7. The van der Waals surface area contributed by atoms with Gasteiger partial charge in [0.1, 0.15) is 0 Å². The molecule has 2 N–H and O–H groups in total. The van der Waals surface area contributed by atoms with Crippen LogP contribution in [0, 0.1) is 0 Å². The van der Waals surface area contributed by atoms with Gasteiger partial charge in [-0.3, -0.25) is 4.79 Å². The Morgan fingerprint density at radius 3 is 2.77 bits per heavy atom. The fourth-order valence-corrected chi connectivity index (χ4v) is 2.44. The summed E-state index contributed by atoms with van der Waals surface area (Å²) < 4.78 is 1.91. The number of carbonyl (C=O) groups is 1. The molecule has 0 aliphatic heterocycles. The lowest BCUT2D eigenvalue weighted by atomic mass is 10.1. The van der Waals surface area contributed by atoms with Crippen molar-refractivity contribution in [3.63, 3.8) is 0 Å². The molecule has 0 atom stereocenters. The van der Waals surface area contributed by atoms with Crippen LogP contribution in [0.5, 0.6) is 0 Å². The molecule has 0 radical (unpaired) electrons. The van der Waals surface area contributed by atoms with Gasteiger partial charge in [0.2, 0.25) is 0 Å². The van der Waals surface area contributed by atoms with Crippen LogP contribution in [-0.2, 0) is 20.2 Å². The molecular weight excluding hydrogens is 278 g/mol. The highest BCUT2D eigenvalue weighted by molar-refractivity contribution is 5.97. The summed E-state index contributed by atoms with van der Waals surface area (Å²) in [7, 11) is 1.92. The zero-order valence-corrected chi connectivity index (χ0v) is 12.3. The monoisotopic (exact) mass is 295 g/mol. The molecule has 0 fully saturated rings. The molecule has 3 rings (SSSR count). The van der Waals surface area contributed by atoms with E-state index in [2.05, 4.69) is 10.3 Å². The Kier molecular flexibility index (Phi) is 3.89. The summed E-state index contributed by atoms with van der Waals surface area (Å²) in [6, 6.07) is 13.0. The molecule has 0 aliphatic rings. The summed E-state index contributed by atoms with van der Waals surface area (Å²) in [5.41, 5.74) is 4.10. The number of aromatic nitrogens is 2. The van der Waals surface area contributed by atoms with Gasteiger partial charge < -0.3 is 15.0 Å². The van der Waals surface area contributed by atoms with Crippen LogP contribution in [0.3, 0.4) is 0 Å². The zero-order valence-electron chi connectivity index (χ0n) is 12.3. The number of nitrogens with zero attached hydrogens (tertiary/aromatic N) is 2. The van der Waals surface area contributed by atoms with Crippen LogP contribution in [-0.4, -0.2) is 20.6 Å². The predicted octanol–water partition coefficient (Wildman–Crippen LogP) is 2.00. The molecule has 5 heteroatoms. The fraction of sp³-hybridized carbons (Fsp3) is 0.176. The van der Waals surface area contributed by atoms with Gasteiger partial charge in [0.25, 0.3) is 5.91 Å². The van der Waals surface area contributed by atoms with Gasteiger partial charge in [-0.15, -0.1) is 0 Å². The highest BCUT2D eigenvalue weighted by atomic mass is 16.3. The number of imidazole rings is 1. The quantitative estimate of drug-likeness (QED) is 0.773. The maximum absolute atomic E-state index is 12.3. The summed E-state index contributed by atoms with van der Waals surface area (Å²) in [5, 5.41) is 12.2. The Bertz CT molecular complexity index is 824. The van der Waals surface area contributed by atoms with Crippen LogP contribution >= 0.6 is 0 Å². The van der Waals surface area contributed by atoms with Crippen molar-refractivity contribution < 1.29 is 9.90 Å². The molecule has 1 aromatic heterocycles. The van der Waals surface area contributed by atoms with Crippen molar-refractivity contribution in [2.45, 2.75) is 13.2 Å². The van der Waals surface area contributed by atoms with E-state index in [0.29, 0.717) is 12.1 Å². The van der Waals surface area contributed by atoms with Crippen LogP contribution in [0.1, 0.15) is 21.5 Å². The minimum absolute atomic E-state index is 0.0358. The largest absolute Gasteiger partial charge is 0.392 e. The van der Waals surface area contributed by atoms with E-state index in [1.54, 1.807) is 18.5 Å². The number of rotatable bonds is 4. The van der Waals surface area contributed by atoms with Crippen LogP contribution in [0.15, 0.2) is 48.8 Å². The molecular formula is C17H17N3O2. The summed E-state index contributed by atoms with van der Waals surface area (Å²) in [6.07, 6.45) is 1.73. The average molecular weight is 295 g/mol. The van der Waals surface area contributed by atoms with E-state index in [1.165, 1.54) is 0 Å². The van der Waals surface area contributed by atoms with E-state index in [1.807, 2.05) is 41.9 Å². The first kappa shape index (κ1) is 14.3. The molecule has 0 unspecified atom stereocenters. The Labute approximate surface area is 128 Å². The lowest BCUT2D eigenvalue weighted by Gasteiger charge is -2.09. The van der Waals surface area contributed by atoms with Gasteiger partial charge in [0.15, 0.2) is 0 Å². The third-order valence-electron chi connectivity index (χ3n) is 3.72. The van der Waals surface area contributed by atoms with Gasteiger partial charge in [-0.1, -0.05) is 24.3 Å². The lowest BCUT2D eigenvalue weighted by molar-refractivity contribution is 0.0950. The normalized spacial score (nSPS) is 10.8. The Morgan fingerprint density at radius 1 is 1.23 bits per heavy atom. The molecule has 3 aromatic rings. The zero-order chi connectivity index (χ0) is 15.5. The molecule has 5 nitrogen and oxygen atoms in total. The van der Waals surface area contributed by atoms with Crippen molar-refractivity contribution >= 4 is 16.9 Å². The van der Waals surface area contributed by atoms with Crippen LogP contribution in [0.2, 0.25) is 0 Å². The van der Waals surface area contributed by atoms with Crippen molar-refractivity contribution in [3.05, 3.63) is 65.5 Å². The van der Waals surface area contributed by atoms with E-state index in [4.69, 9.17) is 0 Å². The molecule has 1 amide bonds. The Hall–Kier alpha value is -2.66. The minimum atomic E-state index is -0.153. The van der Waals surface area contributed by atoms with E-state index in [0.717, 1.165) is 22.2 Å². The molecule has 1 heterocycles. The summed E-state index contributed by atoms with van der Waals surface area (Å²) >= 11 is 0. The second-order valence-corrected chi connectivity index (χ2v) is 5.17. The SMILES string of the molecule is Cn1cnc2cc(C(=O)NCc3ccccc3CO)ccc21. The van der Waals surface area contributed by atoms with E-state index in [-0.39, 0.29) is 12.5 Å². The van der Waals surface area contributed by atoms with Crippen LogP contribution < -0.4 is 5.32 Å². The predicted molar refractivity (Wildman–Crippen MR) is 84.2 cm³/mol. The van der Waals surface area contributed by atoms with Crippen molar-refractivity contribution in [3.8, 4) is 0 Å². The Morgan fingerprint density at radius 2 is 2.00 bits per heavy atom. The Balaban J connectivity index is 1.75. The van der Waals surface area contributed by atoms with Gasteiger partial charge >= 0.3 is 0 Å². The molecule has 112 valence electrons. The molecule has 0 saturated heterocycles. The molecule has 22 heavy (non-hydrogen) atoms. The third kappa shape index (κ3) is 2.71. The molecule has 0 bridgehead atoms. The smallest absolute Gasteiger partial charge is 0.251 e. The van der Waals surface area contributed by atoms with Crippen molar-refractivity contribution in [1.29, 1.82) is 0 Å². The van der Waals surface area contributed by atoms with E-state index < -0.39 is 0 Å². The standard InChI is InChI=1S/C17H17N3O2/c1-20-11-19-15-8-12(6-7-16(15)20)17(22)18-9-13-4-2-3-5-14(13)10-21/h2-8,11,21H,9-10H2,1H3,(H,18,22). The van der Waals surface area contributed by atoms with Gasteiger partial charge in [-0.2, -0.15) is 0 Å². The summed E-state index contributed by atoms with van der Waals surface area (Å²) in [6.45, 7) is 0.349. The molecule has 0 spiro atoms. The molecule has 2 aromatic carbocycles. The number of carbonyl (C=O) groups excluding carboxylic acids is 1. The van der Waals surface area contributed by atoms with E-state index >= 15 is 0 Å². The fourth-order valence-electron chi connectivity index (χ4n) is 2.44. The van der Waals surface area contributed by atoms with Gasteiger partial charge in [0, 0.05) is 19.2 Å². The average Bonchev–Trinajstić information content (AvgIpc) is 2.93. The number of hydrogen-bond acceptors (Lipinski definition) is 3. The minimum Gasteiger partial charge on any atom is -0.392 e. The first-order valence-electron chi connectivity index (χ1n) is 7.06. The summed E-state index contributed by atoms with van der Waals surface area (Å²) in [5.74, 6) is -0.153. The second kappa shape index (κ2) is 5.99. The van der Waals surface area contributed by atoms with Crippen molar-refractivity contribution in [2.75, 3.05) is 0 Å². The number of fused-ring (bicyclic) bond motifs is 1. The number of nitrogens with one attached hydrogen (secondary N) is 1. The molecule has 0 saturated carbocycles. The number of benzene rings is 2. The topological polar surface area (TPSA) is 67.2 Å². The van der Waals surface area contributed by atoms with Crippen LogP contribution in [0.4, 0.5) is 0 Å². The van der Waals surface area contributed by atoms with Crippen molar-refractivity contribution in [1.82, 2.24) is 14.9 Å². The van der Waals surface area contributed by atoms with E-state index in [9.17, 15) is 9.90 Å². The summed E-state index contributed by atoms with van der Waals surface area (Å²) in [4.78, 5) is 16.5. The van der Waals surface area contributed by atoms with Crippen molar-refractivity contribution in [2.24, 2.45) is 7.05 Å². The third-order valence-corrected chi connectivity index (χ3v) is 3.72. The highest BCUT2D eigenvalue weighted by Gasteiger charge is 2.09. The maximum atomic E-state index is 12.3. The second-order valence-electron chi connectivity index (χ2n) is 5.17. The number of amides is 1. The number of aliphatic hydroxyl groups excluding tert-OH is 1. The maximum Gasteiger partial charge on any atom is 0.251 e.